The maximum Gasteiger partial charge on any atom is 0.306 e. The zero-order valence-corrected chi connectivity index (χ0v) is 40.8. The summed E-state index contributed by atoms with van der Waals surface area (Å²) in [6.07, 6.45) is 66.8. The molecule has 0 spiro atoms. The molecule has 358 valence electrons. The van der Waals surface area contributed by atoms with Crippen molar-refractivity contribution in [1.82, 2.24) is 0 Å². The summed E-state index contributed by atoms with van der Waals surface area (Å²) in [7, 11) is 0. The maximum atomic E-state index is 12.8. The standard InChI is InChI=1S/C57H94O6/c1-4-7-10-13-16-19-22-24-26-28-30-31-33-35-38-41-44-47-50-56(59)62-53-54(52-61-55(58)49-46-43-40-37-21-18-15-12-9-6-3)63-57(60)51-48-45-42-39-36-34-32-29-27-25-23-20-17-14-11-8-5-2/h8,11,17,20,22,24-28,30-32,34,39,42,54H,4-7,9-10,12-16,18-19,21,23,29,33,35-38,40-41,43-53H2,1-3H3/b11-8-,20-17-,24-22-,27-25-,28-26-,31-30-,34-32-,42-39-. The summed E-state index contributed by atoms with van der Waals surface area (Å²) in [4.78, 5) is 37.9. The highest BCUT2D eigenvalue weighted by Gasteiger charge is 2.19. The van der Waals surface area contributed by atoms with E-state index in [2.05, 4.69) is 118 Å². The number of esters is 3. The van der Waals surface area contributed by atoms with E-state index in [0.29, 0.717) is 19.3 Å². The first-order chi connectivity index (χ1) is 31.0. The molecule has 0 fully saturated rings. The molecule has 0 aliphatic rings. The maximum absolute atomic E-state index is 12.8. The third kappa shape index (κ3) is 49.2. The molecule has 63 heavy (non-hydrogen) atoms. The van der Waals surface area contributed by atoms with Crippen molar-refractivity contribution in [2.75, 3.05) is 13.2 Å². The summed E-state index contributed by atoms with van der Waals surface area (Å²) in [5.74, 6) is -0.991. The summed E-state index contributed by atoms with van der Waals surface area (Å²) < 4.78 is 16.7. The number of carbonyl (C=O) groups excluding carboxylic acids is 3. The second-order valence-electron chi connectivity index (χ2n) is 16.8. The summed E-state index contributed by atoms with van der Waals surface area (Å²) >= 11 is 0. The van der Waals surface area contributed by atoms with Gasteiger partial charge < -0.3 is 14.2 Å². The van der Waals surface area contributed by atoms with Gasteiger partial charge in [0.05, 0.1) is 0 Å². The van der Waals surface area contributed by atoms with Crippen molar-refractivity contribution in [2.45, 2.75) is 232 Å². The van der Waals surface area contributed by atoms with Crippen molar-refractivity contribution >= 4 is 17.9 Å². The van der Waals surface area contributed by atoms with Crippen LogP contribution >= 0.6 is 0 Å². The van der Waals surface area contributed by atoms with Crippen LogP contribution in [0.25, 0.3) is 0 Å². The van der Waals surface area contributed by atoms with Crippen LogP contribution in [0.3, 0.4) is 0 Å². The van der Waals surface area contributed by atoms with Crippen LogP contribution in [0.15, 0.2) is 97.2 Å². The van der Waals surface area contributed by atoms with E-state index >= 15 is 0 Å². The molecule has 0 N–H and O–H groups in total. The number of carbonyl (C=O) groups is 3. The number of allylic oxidation sites excluding steroid dienone is 16. The van der Waals surface area contributed by atoms with Gasteiger partial charge in [0, 0.05) is 19.3 Å². The lowest BCUT2D eigenvalue weighted by atomic mass is 10.1. The molecule has 0 aliphatic heterocycles. The first-order valence-electron chi connectivity index (χ1n) is 25.8. The molecular weight excluding hydrogens is 781 g/mol. The van der Waals surface area contributed by atoms with Crippen LogP contribution in [0.1, 0.15) is 226 Å². The molecule has 0 amide bonds. The smallest absolute Gasteiger partial charge is 0.306 e. The van der Waals surface area contributed by atoms with Gasteiger partial charge in [-0.25, -0.2) is 0 Å². The highest BCUT2D eigenvalue weighted by Crippen LogP contribution is 2.13. The number of hydrogen-bond donors (Lipinski definition) is 0. The van der Waals surface area contributed by atoms with Gasteiger partial charge in [-0.1, -0.05) is 221 Å². The van der Waals surface area contributed by atoms with E-state index in [1.54, 1.807) is 0 Å². The van der Waals surface area contributed by atoms with Gasteiger partial charge in [-0.15, -0.1) is 0 Å². The Bertz CT molecular complexity index is 1280. The third-order valence-electron chi connectivity index (χ3n) is 10.6. The Morgan fingerprint density at radius 1 is 0.349 bits per heavy atom. The van der Waals surface area contributed by atoms with E-state index in [4.69, 9.17) is 14.2 Å². The average Bonchev–Trinajstić information content (AvgIpc) is 3.28. The second-order valence-corrected chi connectivity index (χ2v) is 16.8. The Morgan fingerprint density at radius 3 is 1.13 bits per heavy atom. The molecule has 0 saturated carbocycles. The summed E-state index contributed by atoms with van der Waals surface area (Å²) in [5, 5.41) is 0. The Hall–Kier alpha value is -3.67. The molecule has 1 atom stereocenters. The third-order valence-corrected chi connectivity index (χ3v) is 10.6. The molecule has 0 aromatic carbocycles. The molecule has 0 radical (unpaired) electrons. The Labute approximate surface area is 387 Å². The minimum absolute atomic E-state index is 0.107. The van der Waals surface area contributed by atoms with Crippen LogP contribution in [0.5, 0.6) is 0 Å². The lowest BCUT2D eigenvalue weighted by Gasteiger charge is -2.18. The highest BCUT2D eigenvalue weighted by molar-refractivity contribution is 5.71. The number of hydrogen-bond acceptors (Lipinski definition) is 6. The van der Waals surface area contributed by atoms with Crippen LogP contribution < -0.4 is 0 Å². The van der Waals surface area contributed by atoms with Crippen molar-refractivity contribution in [3.05, 3.63) is 97.2 Å². The van der Waals surface area contributed by atoms with E-state index in [0.717, 1.165) is 103 Å². The predicted octanol–water partition coefficient (Wildman–Crippen LogP) is 17.0. The SMILES string of the molecule is CC/C=C\C/C=C\C/C=C\C/C=C\C/C=C\CCCC(=O)OC(COC(=O)CCCCCCC\C=C/C=C\C=C/CCCCCCC)COC(=O)CCCCCCCCCCCC. The molecular formula is C57H94O6. The van der Waals surface area contributed by atoms with E-state index in [-0.39, 0.29) is 37.5 Å². The molecule has 0 heterocycles. The molecule has 0 aromatic rings. The summed E-state index contributed by atoms with van der Waals surface area (Å²) in [5.41, 5.74) is 0. The molecule has 0 rings (SSSR count). The first kappa shape index (κ1) is 59.3. The van der Waals surface area contributed by atoms with Gasteiger partial charge >= 0.3 is 17.9 Å². The van der Waals surface area contributed by atoms with Crippen LogP contribution in [0.2, 0.25) is 0 Å². The van der Waals surface area contributed by atoms with Crippen molar-refractivity contribution < 1.29 is 28.6 Å². The fraction of sp³-hybridized carbons (Fsp3) is 0.667. The monoisotopic (exact) mass is 875 g/mol. The van der Waals surface area contributed by atoms with Crippen LogP contribution in [0, 0.1) is 0 Å². The average molecular weight is 875 g/mol. The zero-order valence-electron chi connectivity index (χ0n) is 40.8. The number of ether oxygens (including phenoxy) is 3. The molecule has 0 bridgehead atoms. The fourth-order valence-electron chi connectivity index (χ4n) is 6.77. The normalized spacial score (nSPS) is 12.9. The van der Waals surface area contributed by atoms with Gasteiger partial charge in [-0.3, -0.25) is 14.4 Å². The molecule has 0 aliphatic carbocycles. The van der Waals surface area contributed by atoms with E-state index in [9.17, 15) is 14.4 Å². The largest absolute Gasteiger partial charge is 0.462 e. The predicted molar refractivity (Wildman–Crippen MR) is 270 cm³/mol. The van der Waals surface area contributed by atoms with E-state index in [1.165, 1.54) is 77.0 Å². The van der Waals surface area contributed by atoms with Gasteiger partial charge in [0.25, 0.3) is 0 Å². The lowest BCUT2D eigenvalue weighted by molar-refractivity contribution is -0.167. The minimum Gasteiger partial charge on any atom is -0.462 e. The molecule has 1 unspecified atom stereocenters. The van der Waals surface area contributed by atoms with Crippen LogP contribution in [0.4, 0.5) is 0 Å². The minimum atomic E-state index is -0.814. The number of rotatable bonds is 45. The highest BCUT2D eigenvalue weighted by atomic mass is 16.6. The van der Waals surface area contributed by atoms with Crippen molar-refractivity contribution in [1.29, 1.82) is 0 Å². The topological polar surface area (TPSA) is 78.9 Å². The number of unbranched alkanes of at least 4 members (excludes halogenated alkanes) is 20. The zero-order chi connectivity index (χ0) is 45.8. The quantitative estimate of drug-likeness (QED) is 0.0199. The van der Waals surface area contributed by atoms with Gasteiger partial charge in [0.15, 0.2) is 6.10 Å². The van der Waals surface area contributed by atoms with Crippen molar-refractivity contribution in [2.24, 2.45) is 0 Å². The van der Waals surface area contributed by atoms with Gasteiger partial charge in [0.2, 0.25) is 0 Å². The fourth-order valence-corrected chi connectivity index (χ4v) is 6.77. The van der Waals surface area contributed by atoms with Crippen LogP contribution in [-0.4, -0.2) is 37.2 Å². The van der Waals surface area contributed by atoms with Crippen LogP contribution in [-0.2, 0) is 28.6 Å². The van der Waals surface area contributed by atoms with Crippen molar-refractivity contribution in [3.63, 3.8) is 0 Å². The lowest BCUT2D eigenvalue weighted by Crippen LogP contribution is -2.30. The Morgan fingerprint density at radius 2 is 0.698 bits per heavy atom. The molecule has 0 aromatic heterocycles. The first-order valence-corrected chi connectivity index (χ1v) is 25.8. The Balaban J connectivity index is 4.50. The van der Waals surface area contributed by atoms with Gasteiger partial charge in [-0.05, 0) is 83.5 Å². The van der Waals surface area contributed by atoms with E-state index < -0.39 is 6.10 Å². The molecule has 0 saturated heterocycles. The van der Waals surface area contributed by atoms with Gasteiger partial charge in [0.1, 0.15) is 13.2 Å². The second kappa shape index (κ2) is 51.0. The van der Waals surface area contributed by atoms with Crippen molar-refractivity contribution in [3.8, 4) is 0 Å². The summed E-state index contributed by atoms with van der Waals surface area (Å²) in [6.45, 7) is 6.42. The van der Waals surface area contributed by atoms with Gasteiger partial charge in [-0.2, -0.15) is 0 Å². The molecule has 6 heteroatoms. The summed E-state index contributed by atoms with van der Waals surface area (Å²) in [6, 6.07) is 0. The van der Waals surface area contributed by atoms with E-state index in [1.807, 2.05) is 0 Å². The Kier molecular flexibility index (Phi) is 48.0. The molecule has 6 nitrogen and oxygen atoms in total.